The Hall–Kier alpha value is -2.28. The molecule has 1 unspecified atom stereocenters. The van der Waals surface area contributed by atoms with E-state index in [0.717, 1.165) is 17.7 Å². The molecule has 1 aliphatic heterocycles. The quantitative estimate of drug-likeness (QED) is 0.814. The standard InChI is InChI=1S/C19H19F2NO3S/c1-13-8-7-11-15-16(13)22(3)17(23)18(15,2)12-19(20,21)26(24,25)14-9-5-4-6-10-14/h4-11H,12H2,1-3H3. The Kier molecular flexibility index (Phi) is 4.18. The van der Waals surface area contributed by atoms with Crippen LogP contribution in [0.5, 0.6) is 0 Å². The maximum absolute atomic E-state index is 14.9. The van der Waals surface area contributed by atoms with Gasteiger partial charge in [-0.15, -0.1) is 0 Å². The van der Waals surface area contributed by atoms with E-state index in [1.165, 1.54) is 31.0 Å². The molecular weight excluding hydrogens is 360 g/mol. The maximum Gasteiger partial charge on any atom is 0.351 e. The number of amides is 1. The predicted octanol–water partition coefficient (Wildman–Crippen LogP) is 3.69. The first-order chi connectivity index (χ1) is 12.0. The van der Waals surface area contributed by atoms with Gasteiger partial charge in [-0.2, -0.15) is 8.78 Å². The van der Waals surface area contributed by atoms with Crippen molar-refractivity contribution < 1.29 is 22.0 Å². The third-order valence-corrected chi connectivity index (χ3v) is 6.77. The van der Waals surface area contributed by atoms with Crippen LogP contribution >= 0.6 is 0 Å². The van der Waals surface area contributed by atoms with Gasteiger partial charge in [0, 0.05) is 13.5 Å². The molecule has 26 heavy (non-hydrogen) atoms. The topological polar surface area (TPSA) is 54.5 Å². The number of nitrogens with zero attached hydrogens (tertiary/aromatic N) is 1. The lowest BCUT2D eigenvalue weighted by Gasteiger charge is -2.28. The fourth-order valence-electron chi connectivity index (χ4n) is 3.59. The molecule has 0 saturated carbocycles. The number of anilines is 1. The Bertz CT molecular complexity index is 974. The normalized spacial score (nSPS) is 20.3. The summed E-state index contributed by atoms with van der Waals surface area (Å²) >= 11 is 0. The minimum absolute atomic E-state index is 0.424. The fraction of sp³-hybridized carbons (Fsp3) is 0.316. The summed E-state index contributed by atoms with van der Waals surface area (Å²) in [6, 6.07) is 11.7. The first-order valence-corrected chi connectivity index (χ1v) is 9.56. The van der Waals surface area contributed by atoms with Crippen molar-refractivity contribution in [1.29, 1.82) is 0 Å². The van der Waals surface area contributed by atoms with E-state index in [0.29, 0.717) is 11.3 Å². The van der Waals surface area contributed by atoms with E-state index >= 15 is 0 Å². The van der Waals surface area contributed by atoms with Gasteiger partial charge in [0.15, 0.2) is 0 Å². The predicted molar refractivity (Wildman–Crippen MR) is 95.1 cm³/mol. The number of likely N-dealkylation sites (N-methyl/N-ethyl adjacent to an activating group) is 1. The summed E-state index contributed by atoms with van der Waals surface area (Å²) in [6.45, 7) is 3.17. The van der Waals surface area contributed by atoms with E-state index in [-0.39, 0.29) is 0 Å². The molecule has 1 atom stereocenters. The number of alkyl halides is 2. The smallest absolute Gasteiger partial charge is 0.314 e. The largest absolute Gasteiger partial charge is 0.351 e. The van der Waals surface area contributed by atoms with Crippen LogP contribution in [0.25, 0.3) is 0 Å². The zero-order chi connectivity index (χ0) is 19.3. The molecule has 2 aromatic carbocycles. The molecule has 2 aromatic rings. The molecule has 0 aromatic heterocycles. The summed E-state index contributed by atoms with van der Waals surface area (Å²) in [5.74, 6) is -0.537. The SMILES string of the molecule is Cc1cccc2c1N(C)C(=O)C2(C)CC(F)(F)S(=O)(=O)c1ccccc1. The molecule has 0 saturated heterocycles. The zero-order valence-corrected chi connectivity index (χ0v) is 15.5. The van der Waals surface area contributed by atoms with Gasteiger partial charge in [-0.1, -0.05) is 36.4 Å². The van der Waals surface area contributed by atoms with E-state index in [2.05, 4.69) is 0 Å². The molecule has 0 bridgehead atoms. The third-order valence-electron chi connectivity index (χ3n) is 4.95. The second-order valence-electron chi connectivity index (χ2n) is 6.80. The second-order valence-corrected chi connectivity index (χ2v) is 8.87. The lowest BCUT2D eigenvalue weighted by Crippen LogP contribution is -2.43. The Morgan fingerprint density at radius 1 is 1.08 bits per heavy atom. The van der Waals surface area contributed by atoms with E-state index in [1.807, 2.05) is 0 Å². The van der Waals surface area contributed by atoms with Gasteiger partial charge in [0.25, 0.3) is 0 Å². The highest BCUT2D eigenvalue weighted by Gasteiger charge is 2.57. The van der Waals surface area contributed by atoms with Crippen LogP contribution in [-0.2, 0) is 20.0 Å². The molecule has 3 rings (SSSR count). The molecule has 0 N–H and O–H groups in total. The average molecular weight is 379 g/mol. The van der Waals surface area contributed by atoms with Gasteiger partial charge in [0.2, 0.25) is 15.7 Å². The highest BCUT2D eigenvalue weighted by Crippen LogP contribution is 2.49. The molecule has 4 nitrogen and oxygen atoms in total. The Morgan fingerprint density at radius 2 is 1.69 bits per heavy atom. The number of carbonyl (C=O) groups excluding carboxylic acids is 1. The summed E-state index contributed by atoms with van der Waals surface area (Å²) < 4.78 is 54.8. The number of para-hydroxylation sites is 1. The van der Waals surface area contributed by atoms with E-state index < -0.39 is 37.7 Å². The van der Waals surface area contributed by atoms with Crippen LogP contribution in [-0.4, -0.2) is 26.6 Å². The van der Waals surface area contributed by atoms with E-state index in [4.69, 9.17) is 0 Å². The molecule has 0 aliphatic carbocycles. The lowest BCUT2D eigenvalue weighted by molar-refractivity contribution is -0.124. The minimum atomic E-state index is -4.92. The molecule has 0 fully saturated rings. The molecular formula is C19H19F2NO3S. The fourth-order valence-corrected chi connectivity index (χ4v) is 4.92. The monoisotopic (exact) mass is 379 g/mol. The van der Waals surface area contributed by atoms with Crippen LogP contribution in [0.2, 0.25) is 0 Å². The van der Waals surface area contributed by atoms with Crippen molar-refractivity contribution in [3.8, 4) is 0 Å². The summed E-state index contributed by atoms with van der Waals surface area (Å²) in [5, 5.41) is -4.09. The van der Waals surface area contributed by atoms with Crippen LogP contribution in [0, 0.1) is 6.92 Å². The van der Waals surface area contributed by atoms with Crippen molar-refractivity contribution in [1.82, 2.24) is 0 Å². The summed E-state index contributed by atoms with van der Waals surface area (Å²) in [4.78, 5) is 13.6. The van der Waals surface area contributed by atoms with Crippen molar-refractivity contribution in [3.63, 3.8) is 0 Å². The lowest BCUT2D eigenvalue weighted by atomic mass is 9.80. The number of hydrogen-bond donors (Lipinski definition) is 0. The zero-order valence-electron chi connectivity index (χ0n) is 14.7. The number of halogens is 2. The van der Waals surface area contributed by atoms with Crippen molar-refractivity contribution in [2.45, 2.75) is 35.8 Å². The highest BCUT2D eigenvalue weighted by atomic mass is 32.2. The molecule has 0 radical (unpaired) electrons. The summed E-state index contributed by atoms with van der Waals surface area (Å²) in [6.07, 6.45) is -1.11. The van der Waals surface area contributed by atoms with Crippen molar-refractivity contribution in [2.24, 2.45) is 0 Å². The average Bonchev–Trinajstić information content (AvgIpc) is 2.78. The molecule has 1 amide bonds. The molecule has 0 spiro atoms. The minimum Gasteiger partial charge on any atom is -0.314 e. The van der Waals surface area contributed by atoms with E-state index in [1.54, 1.807) is 31.2 Å². The van der Waals surface area contributed by atoms with Gasteiger partial charge in [-0.25, -0.2) is 8.42 Å². The Labute approximate surface area is 151 Å². The van der Waals surface area contributed by atoms with Crippen LogP contribution in [0.15, 0.2) is 53.4 Å². The highest BCUT2D eigenvalue weighted by molar-refractivity contribution is 7.92. The van der Waals surface area contributed by atoms with Crippen LogP contribution in [0.3, 0.4) is 0 Å². The third kappa shape index (κ3) is 2.53. The van der Waals surface area contributed by atoms with Crippen molar-refractivity contribution >= 4 is 21.4 Å². The Morgan fingerprint density at radius 3 is 2.31 bits per heavy atom. The maximum atomic E-state index is 14.9. The number of sulfone groups is 1. The number of carbonyl (C=O) groups is 1. The van der Waals surface area contributed by atoms with Crippen LogP contribution in [0.1, 0.15) is 24.5 Å². The Balaban J connectivity index is 2.08. The molecule has 138 valence electrons. The number of rotatable bonds is 4. The van der Waals surface area contributed by atoms with Gasteiger partial charge in [-0.05, 0) is 37.1 Å². The van der Waals surface area contributed by atoms with Gasteiger partial charge < -0.3 is 4.90 Å². The number of hydrogen-bond acceptors (Lipinski definition) is 3. The molecule has 7 heteroatoms. The van der Waals surface area contributed by atoms with Gasteiger partial charge in [0.05, 0.1) is 16.0 Å². The van der Waals surface area contributed by atoms with Crippen molar-refractivity contribution in [2.75, 3.05) is 11.9 Å². The number of fused-ring (bicyclic) bond motifs is 1. The first-order valence-electron chi connectivity index (χ1n) is 8.08. The van der Waals surface area contributed by atoms with Gasteiger partial charge in [0.1, 0.15) is 0 Å². The molecule has 1 heterocycles. The van der Waals surface area contributed by atoms with Gasteiger partial charge >= 0.3 is 5.25 Å². The summed E-state index contributed by atoms with van der Waals surface area (Å²) in [5.41, 5.74) is 0.138. The number of benzene rings is 2. The van der Waals surface area contributed by atoms with Crippen molar-refractivity contribution in [3.05, 3.63) is 59.7 Å². The molecule has 1 aliphatic rings. The van der Waals surface area contributed by atoms with Crippen LogP contribution < -0.4 is 4.90 Å². The number of aryl methyl sites for hydroxylation is 1. The summed E-state index contributed by atoms with van der Waals surface area (Å²) in [7, 11) is -3.40. The van der Waals surface area contributed by atoms with E-state index in [9.17, 15) is 22.0 Å². The van der Waals surface area contributed by atoms with Crippen LogP contribution in [0.4, 0.5) is 14.5 Å². The second kappa shape index (κ2) is 5.87. The van der Waals surface area contributed by atoms with Gasteiger partial charge in [-0.3, -0.25) is 4.79 Å². The first kappa shape index (κ1) is 18.5.